The Morgan fingerprint density at radius 2 is 2.11 bits per heavy atom. The van der Waals surface area contributed by atoms with Crippen LogP contribution in [0.2, 0.25) is 5.02 Å². The molecule has 3 aromatic rings. The second kappa shape index (κ2) is 7.80. The quantitative estimate of drug-likeness (QED) is 0.690. The first-order valence-corrected chi connectivity index (χ1v) is 10.0. The zero-order chi connectivity index (χ0) is 19.7. The monoisotopic (exact) mass is 397 g/mol. The summed E-state index contributed by atoms with van der Waals surface area (Å²) in [7, 11) is 0. The van der Waals surface area contributed by atoms with E-state index in [2.05, 4.69) is 28.7 Å². The molecule has 3 heterocycles. The van der Waals surface area contributed by atoms with Gasteiger partial charge >= 0.3 is 6.03 Å². The predicted octanol–water partition coefficient (Wildman–Crippen LogP) is 4.76. The zero-order valence-electron chi connectivity index (χ0n) is 16.1. The molecule has 0 aliphatic carbocycles. The Morgan fingerprint density at radius 3 is 2.89 bits per heavy atom. The first-order valence-electron chi connectivity index (χ1n) is 9.65. The molecule has 1 saturated heterocycles. The number of anilines is 1. The van der Waals surface area contributed by atoms with Crippen molar-refractivity contribution in [3.63, 3.8) is 0 Å². The van der Waals surface area contributed by atoms with Gasteiger partial charge in [-0.15, -0.1) is 0 Å². The second-order valence-electron chi connectivity index (χ2n) is 7.55. The lowest BCUT2D eigenvalue weighted by atomic mass is 10.0. The number of fused-ring (bicyclic) bond motifs is 1. The SMILES string of the molecule is CC(C)n1c(C[C@@H]2CCN(C(=O)Nc3ccccc3Cl)C2)nc2cccnc21. The number of para-hydroxylation sites is 1. The number of urea groups is 1. The molecule has 146 valence electrons. The summed E-state index contributed by atoms with van der Waals surface area (Å²) in [6.07, 6.45) is 3.61. The molecular formula is C21H24ClN5O. The fourth-order valence-corrected chi connectivity index (χ4v) is 4.04. The van der Waals surface area contributed by atoms with Crippen LogP contribution in [0.5, 0.6) is 0 Å². The van der Waals surface area contributed by atoms with Crippen LogP contribution < -0.4 is 5.32 Å². The molecule has 1 atom stereocenters. The van der Waals surface area contributed by atoms with E-state index in [1.807, 2.05) is 41.4 Å². The van der Waals surface area contributed by atoms with Gasteiger partial charge in [0.2, 0.25) is 0 Å². The number of carbonyl (C=O) groups excluding carboxylic acids is 1. The van der Waals surface area contributed by atoms with Crippen LogP contribution in [0.4, 0.5) is 10.5 Å². The van der Waals surface area contributed by atoms with Crippen molar-refractivity contribution >= 4 is 34.5 Å². The number of likely N-dealkylation sites (tertiary alicyclic amines) is 1. The standard InChI is InChI=1S/C21H24ClN5O/c1-14(2)27-19(24-18-8-5-10-23-20(18)27)12-15-9-11-26(13-15)21(28)25-17-7-4-3-6-16(17)22/h3-8,10,14-15H,9,11-13H2,1-2H3,(H,25,28)/t15-/m0/s1. The molecule has 2 amide bonds. The fourth-order valence-electron chi connectivity index (χ4n) is 3.86. The summed E-state index contributed by atoms with van der Waals surface area (Å²) in [6.45, 7) is 5.75. The highest BCUT2D eigenvalue weighted by Gasteiger charge is 2.28. The summed E-state index contributed by atoms with van der Waals surface area (Å²) >= 11 is 6.15. The molecule has 1 aliphatic rings. The van der Waals surface area contributed by atoms with E-state index in [0.717, 1.165) is 36.4 Å². The number of benzene rings is 1. The van der Waals surface area contributed by atoms with Gasteiger partial charge in [0.1, 0.15) is 11.3 Å². The third kappa shape index (κ3) is 3.69. The van der Waals surface area contributed by atoms with Crippen LogP contribution in [0.15, 0.2) is 42.6 Å². The van der Waals surface area contributed by atoms with Crippen molar-refractivity contribution in [2.24, 2.45) is 5.92 Å². The molecule has 1 aliphatic heterocycles. The first kappa shape index (κ1) is 18.7. The second-order valence-corrected chi connectivity index (χ2v) is 7.96. The van der Waals surface area contributed by atoms with E-state index in [4.69, 9.17) is 16.6 Å². The van der Waals surface area contributed by atoms with Gasteiger partial charge in [-0.25, -0.2) is 14.8 Å². The third-order valence-corrected chi connectivity index (χ3v) is 5.53. The van der Waals surface area contributed by atoms with Gasteiger partial charge in [-0.3, -0.25) is 0 Å². The number of hydrogen-bond acceptors (Lipinski definition) is 3. The summed E-state index contributed by atoms with van der Waals surface area (Å²) in [6, 6.07) is 11.4. The average Bonchev–Trinajstić information content (AvgIpc) is 3.28. The van der Waals surface area contributed by atoms with Crippen LogP contribution in [0.1, 0.15) is 32.1 Å². The van der Waals surface area contributed by atoms with Crippen LogP contribution in [0.3, 0.4) is 0 Å². The van der Waals surface area contributed by atoms with Crippen LogP contribution in [-0.4, -0.2) is 38.6 Å². The highest BCUT2D eigenvalue weighted by molar-refractivity contribution is 6.33. The number of nitrogens with zero attached hydrogens (tertiary/aromatic N) is 4. The lowest BCUT2D eigenvalue weighted by molar-refractivity contribution is 0.220. The van der Waals surface area contributed by atoms with Crippen LogP contribution in [0.25, 0.3) is 11.2 Å². The van der Waals surface area contributed by atoms with Gasteiger partial charge in [0, 0.05) is 31.7 Å². The molecule has 0 unspecified atom stereocenters. The van der Waals surface area contributed by atoms with Gasteiger partial charge in [0.05, 0.1) is 10.7 Å². The molecule has 28 heavy (non-hydrogen) atoms. The molecule has 0 bridgehead atoms. The largest absolute Gasteiger partial charge is 0.324 e. The van der Waals surface area contributed by atoms with Gasteiger partial charge < -0.3 is 14.8 Å². The molecule has 0 saturated carbocycles. The van der Waals surface area contributed by atoms with Crippen molar-refractivity contribution in [3.8, 4) is 0 Å². The molecule has 1 aromatic carbocycles. The van der Waals surface area contributed by atoms with Crippen molar-refractivity contribution in [1.29, 1.82) is 0 Å². The van der Waals surface area contributed by atoms with Crippen molar-refractivity contribution in [2.75, 3.05) is 18.4 Å². The minimum atomic E-state index is -0.102. The lowest BCUT2D eigenvalue weighted by Crippen LogP contribution is -2.33. The minimum absolute atomic E-state index is 0.102. The Balaban J connectivity index is 1.45. The maximum Gasteiger partial charge on any atom is 0.321 e. The Morgan fingerprint density at radius 1 is 1.29 bits per heavy atom. The summed E-state index contributed by atoms with van der Waals surface area (Å²) < 4.78 is 2.21. The highest BCUT2D eigenvalue weighted by atomic mass is 35.5. The summed E-state index contributed by atoms with van der Waals surface area (Å²) in [5, 5.41) is 3.46. The van der Waals surface area contributed by atoms with Crippen LogP contribution in [0, 0.1) is 5.92 Å². The van der Waals surface area contributed by atoms with E-state index >= 15 is 0 Å². The van der Waals surface area contributed by atoms with E-state index in [1.165, 1.54) is 0 Å². The topological polar surface area (TPSA) is 63.1 Å². The molecule has 0 spiro atoms. The van der Waals surface area contributed by atoms with Crippen molar-refractivity contribution in [1.82, 2.24) is 19.4 Å². The van der Waals surface area contributed by atoms with Crippen LogP contribution in [-0.2, 0) is 6.42 Å². The normalized spacial score (nSPS) is 16.9. The molecule has 7 heteroatoms. The number of imidazole rings is 1. The van der Waals surface area contributed by atoms with E-state index in [9.17, 15) is 4.79 Å². The van der Waals surface area contributed by atoms with E-state index in [-0.39, 0.29) is 12.1 Å². The number of nitrogens with one attached hydrogen (secondary N) is 1. The van der Waals surface area contributed by atoms with Gasteiger partial charge in [-0.05, 0) is 50.5 Å². The molecule has 4 rings (SSSR count). The Labute approximate surface area is 169 Å². The number of aromatic nitrogens is 3. The number of carbonyl (C=O) groups is 1. The molecule has 2 aromatic heterocycles. The Bertz CT molecular complexity index is 999. The number of hydrogen-bond donors (Lipinski definition) is 1. The maximum atomic E-state index is 12.6. The van der Waals surface area contributed by atoms with Gasteiger partial charge in [0.15, 0.2) is 5.65 Å². The van der Waals surface area contributed by atoms with Gasteiger partial charge in [-0.2, -0.15) is 0 Å². The molecule has 1 N–H and O–H groups in total. The fraction of sp³-hybridized carbons (Fsp3) is 0.381. The number of halogens is 1. The number of pyridine rings is 1. The number of rotatable bonds is 4. The summed E-state index contributed by atoms with van der Waals surface area (Å²) in [5.74, 6) is 1.42. The van der Waals surface area contributed by atoms with Gasteiger partial charge in [0.25, 0.3) is 0 Å². The number of amides is 2. The van der Waals surface area contributed by atoms with Gasteiger partial charge in [-0.1, -0.05) is 23.7 Å². The summed E-state index contributed by atoms with van der Waals surface area (Å²) in [4.78, 5) is 23.8. The zero-order valence-corrected chi connectivity index (χ0v) is 16.9. The molecule has 0 radical (unpaired) electrons. The maximum absolute atomic E-state index is 12.6. The van der Waals surface area contributed by atoms with E-state index in [1.54, 1.807) is 6.07 Å². The van der Waals surface area contributed by atoms with Crippen molar-refractivity contribution < 1.29 is 4.79 Å². The van der Waals surface area contributed by atoms with Crippen molar-refractivity contribution in [3.05, 3.63) is 53.4 Å². The summed E-state index contributed by atoms with van der Waals surface area (Å²) in [5.41, 5.74) is 2.50. The third-order valence-electron chi connectivity index (χ3n) is 5.20. The first-order chi connectivity index (χ1) is 13.5. The molecular weight excluding hydrogens is 374 g/mol. The highest BCUT2D eigenvalue weighted by Crippen LogP contribution is 2.26. The van der Waals surface area contributed by atoms with Crippen LogP contribution >= 0.6 is 11.6 Å². The molecule has 6 nitrogen and oxygen atoms in total. The van der Waals surface area contributed by atoms with E-state index < -0.39 is 0 Å². The lowest BCUT2D eigenvalue weighted by Gasteiger charge is -2.18. The Kier molecular flexibility index (Phi) is 5.22. The Hall–Kier alpha value is -2.60. The smallest absolute Gasteiger partial charge is 0.321 e. The van der Waals surface area contributed by atoms with Crippen molar-refractivity contribution in [2.45, 2.75) is 32.7 Å². The minimum Gasteiger partial charge on any atom is -0.324 e. The predicted molar refractivity (Wildman–Crippen MR) is 112 cm³/mol. The van der Waals surface area contributed by atoms with E-state index in [0.29, 0.717) is 23.2 Å². The molecule has 1 fully saturated rings. The average molecular weight is 398 g/mol.